The molecule has 0 radical (unpaired) electrons. The van der Waals surface area contributed by atoms with Gasteiger partial charge < -0.3 is 5.11 Å². The first-order valence-corrected chi connectivity index (χ1v) is 8.72. The van der Waals surface area contributed by atoms with Gasteiger partial charge in [-0.1, -0.05) is 44.9 Å². The van der Waals surface area contributed by atoms with Crippen molar-refractivity contribution in [1.29, 1.82) is 5.26 Å². The van der Waals surface area contributed by atoms with E-state index in [0.717, 1.165) is 12.8 Å². The van der Waals surface area contributed by atoms with E-state index in [2.05, 4.69) is 4.72 Å². The summed E-state index contributed by atoms with van der Waals surface area (Å²) in [4.78, 5) is 0. The van der Waals surface area contributed by atoms with Gasteiger partial charge in [0.15, 0.2) is 0 Å². The number of benzene rings is 1. The molecule has 0 saturated carbocycles. The topological polar surface area (TPSA) is 90.2 Å². The van der Waals surface area contributed by atoms with Gasteiger partial charge in [-0.3, -0.25) is 0 Å². The molecule has 0 spiro atoms. The number of rotatable bonds is 8. The van der Waals surface area contributed by atoms with E-state index in [-0.39, 0.29) is 18.2 Å². The molecule has 0 fully saturated rings. The maximum atomic E-state index is 12.0. The van der Waals surface area contributed by atoms with E-state index in [1.807, 2.05) is 19.9 Å². The molecule has 1 unspecified atom stereocenters. The zero-order valence-electron chi connectivity index (χ0n) is 12.4. The molecule has 0 amide bonds. The van der Waals surface area contributed by atoms with Gasteiger partial charge in [-0.25, -0.2) is 13.1 Å². The predicted molar refractivity (Wildman–Crippen MR) is 81.9 cm³/mol. The molecule has 0 aliphatic rings. The van der Waals surface area contributed by atoms with Crippen LogP contribution < -0.4 is 4.72 Å². The van der Waals surface area contributed by atoms with Gasteiger partial charge in [0.05, 0.1) is 23.5 Å². The minimum Gasteiger partial charge on any atom is -0.391 e. The van der Waals surface area contributed by atoms with Gasteiger partial charge in [-0.15, -0.1) is 0 Å². The maximum absolute atomic E-state index is 12.0. The van der Waals surface area contributed by atoms with Crippen molar-refractivity contribution < 1.29 is 13.5 Å². The van der Waals surface area contributed by atoms with Crippen LogP contribution in [0.3, 0.4) is 0 Å². The van der Waals surface area contributed by atoms with Gasteiger partial charge >= 0.3 is 0 Å². The van der Waals surface area contributed by atoms with E-state index in [1.54, 1.807) is 24.3 Å². The predicted octanol–water partition coefficient (Wildman–Crippen LogP) is 1.77. The monoisotopic (exact) mass is 310 g/mol. The summed E-state index contributed by atoms with van der Waals surface area (Å²) >= 11 is 0. The molecule has 0 aliphatic heterocycles. The lowest BCUT2D eigenvalue weighted by atomic mass is 9.97. The number of nitrogens with one attached hydrogen (secondary N) is 1. The number of hydrogen-bond acceptors (Lipinski definition) is 4. The van der Waals surface area contributed by atoms with Gasteiger partial charge in [0.2, 0.25) is 10.0 Å². The van der Waals surface area contributed by atoms with Crippen LogP contribution in [-0.2, 0) is 15.8 Å². The Morgan fingerprint density at radius 3 is 2.48 bits per heavy atom. The van der Waals surface area contributed by atoms with Crippen LogP contribution >= 0.6 is 0 Å². The van der Waals surface area contributed by atoms with E-state index >= 15 is 0 Å². The quantitative estimate of drug-likeness (QED) is 0.765. The first kappa shape index (κ1) is 17.6. The second kappa shape index (κ2) is 8.13. The Morgan fingerprint density at radius 1 is 1.29 bits per heavy atom. The largest absolute Gasteiger partial charge is 0.391 e. The Hall–Kier alpha value is -1.42. The second-order valence-electron chi connectivity index (χ2n) is 5.02. The van der Waals surface area contributed by atoms with Crippen molar-refractivity contribution in [2.45, 2.75) is 38.5 Å². The molecule has 2 N–H and O–H groups in total. The lowest BCUT2D eigenvalue weighted by Crippen LogP contribution is -2.36. The highest BCUT2D eigenvalue weighted by Gasteiger charge is 2.19. The summed E-state index contributed by atoms with van der Waals surface area (Å²) in [5, 5.41) is 18.9. The van der Waals surface area contributed by atoms with Crippen molar-refractivity contribution in [2.24, 2.45) is 5.92 Å². The minimum atomic E-state index is -3.57. The van der Waals surface area contributed by atoms with Crippen molar-refractivity contribution in [1.82, 2.24) is 4.72 Å². The summed E-state index contributed by atoms with van der Waals surface area (Å²) in [6.07, 6.45) is 0.911. The molecule has 1 aromatic carbocycles. The third kappa shape index (κ3) is 5.46. The third-order valence-corrected chi connectivity index (χ3v) is 4.89. The highest BCUT2D eigenvalue weighted by atomic mass is 32.2. The molecule has 0 saturated heterocycles. The Bertz CT molecular complexity index is 589. The summed E-state index contributed by atoms with van der Waals surface area (Å²) in [6, 6.07) is 8.58. The summed E-state index contributed by atoms with van der Waals surface area (Å²) in [6.45, 7) is 3.94. The lowest BCUT2D eigenvalue weighted by Gasteiger charge is -2.20. The van der Waals surface area contributed by atoms with Crippen LogP contribution in [0.2, 0.25) is 0 Å². The zero-order chi connectivity index (χ0) is 15.9. The SMILES string of the molecule is CCC(CC)C(O)CNS(=O)(=O)Cc1ccccc1C#N. The van der Waals surface area contributed by atoms with E-state index in [9.17, 15) is 13.5 Å². The van der Waals surface area contributed by atoms with Crippen molar-refractivity contribution in [3.63, 3.8) is 0 Å². The molecule has 0 aromatic heterocycles. The Labute approximate surface area is 126 Å². The first-order chi connectivity index (χ1) is 9.93. The fourth-order valence-corrected chi connectivity index (χ4v) is 3.41. The van der Waals surface area contributed by atoms with Gasteiger partial charge in [-0.2, -0.15) is 5.26 Å². The highest BCUT2D eigenvalue weighted by molar-refractivity contribution is 7.88. The fraction of sp³-hybridized carbons (Fsp3) is 0.533. The maximum Gasteiger partial charge on any atom is 0.215 e. The number of aliphatic hydroxyl groups excluding tert-OH is 1. The molecule has 5 nitrogen and oxygen atoms in total. The fourth-order valence-electron chi connectivity index (χ4n) is 2.22. The second-order valence-corrected chi connectivity index (χ2v) is 6.83. The first-order valence-electron chi connectivity index (χ1n) is 7.06. The molecule has 0 bridgehead atoms. The number of sulfonamides is 1. The molecule has 116 valence electrons. The Kier molecular flexibility index (Phi) is 6.82. The summed E-state index contributed by atoms with van der Waals surface area (Å²) < 4.78 is 26.5. The van der Waals surface area contributed by atoms with Crippen LogP contribution in [0.5, 0.6) is 0 Å². The van der Waals surface area contributed by atoms with Crippen molar-refractivity contribution in [3.05, 3.63) is 35.4 Å². The van der Waals surface area contributed by atoms with Crippen LogP contribution in [-0.4, -0.2) is 26.2 Å². The number of nitriles is 1. The molecule has 1 aromatic rings. The highest BCUT2D eigenvalue weighted by Crippen LogP contribution is 2.14. The van der Waals surface area contributed by atoms with Crippen molar-refractivity contribution in [3.8, 4) is 6.07 Å². The average molecular weight is 310 g/mol. The van der Waals surface area contributed by atoms with Crippen LogP contribution in [0.25, 0.3) is 0 Å². The van der Waals surface area contributed by atoms with Crippen LogP contribution in [0.4, 0.5) is 0 Å². The number of aliphatic hydroxyl groups is 1. The van der Waals surface area contributed by atoms with E-state index in [4.69, 9.17) is 5.26 Å². The standard InChI is InChI=1S/C15H22N2O3S/c1-3-12(4-2)15(18)10-17-21(19,20)11-14-8-6-5-7-13(14)9-16/h5-8,12,15,17-18H,3-4,10-11H2,1-2H3. The van der Waals surface area contributed by atoms with Gasteiger partial charge in [0.1, 0.15) is 0 Å². The molecule has 1 rings (SSSR count). The zero-order valence-corrected chi connectivity index (χ0v) is 13.2. The number of nitrogens with zero attached hydrogens (tertiary/aromatic N) is 1. The third-order valence-electron chi connectivity index (χ3n) is 3.59. The lowest BCUT2D eigenvalue weighted by molar-refractivity contribution is 0.107. The molecular formula is C15H22N2O3S. The molecule has 21 heavy (non-hydrogen) atoms. The van der Waals surface area contributed by atoms with E-state index in [0.29, 0.717) is 11.1 Å². The normalized spacial score (nSPS) is 13.1. The van der Waals surface area contributed by atoms with Crippen molar-refractivity contribution in [2.75, 3.05) is 6.54 Å². The Balaban J connectivity index is 2.69. The molecule has 0 heterocycles. The minimum absolute atomic E-state index is 0.00337. The van der Waals surface area contributed by atoms with Crippen LogP contribution in [0.15, 0.2) is 24.3 Å². The Morgan fingerprint density at radius 2 is 1.90 bits per heavy atom. The van der Waals surface area contributed by atoms with Crippen LogP contribution in [0, 0.1) is 17.2 Å². The van der Waals surface area contributed by atoms with Crippen LogP contribution in [0.1, 0.15) is 37.8 Å². The summed E-state index contributed by atoms with van der Waals surface area (Å²) in [7, 11) is -3.57. The van der Waals surface area contributed by atoms with Gasteiger partial charge in [-0.05, 0) is 17.5 Å². The molecule has 6 heteroatoms. The van der Waals surface area contributed by atoms with E-state index in [1.165, 1.54) is 0 Å². The smallest absolute Gasteiger partial charge is 0.215 e. The average Bonchev–Trinajstić information content (AvgIpc) is 2.47. The van der Waals surface area contributed by atoms with Crippen molar-refractivity contribution >= 4 is 10.0 Å². The number of hydrogen-bond donors (Lipinski definition) is 2. The summed E-state index contributed by atoms with van der Waals surface area (Å²) in [5.74, 6) is -0.175. The van der Waals surface area contributed by atoms with Gasteiger partial charge in [0, 0.05) is 6.54 Å². The molecule has 1 atom stereocenters. The molecular weight excluding hydrogens is 288 g/mol. The summed E-state index contributed by atoms with van der Waals surface area (Å²) in [5.41, 5.74) is 0.813. The van der Waals surface area contributed by atoms with E-state index < -0.39 is 16.1 Å². The van der Waals surface area contributed by atoms with Gasteiger partial charge in [0.25, 0.3) is 0 Å². The molecule has 0 aliphatic carbocycles.